The van der Waals surface area contributed by atoms with Gasteiger partial charge in [0.05, 0.1) is 4.90 Å². The summed E-state index contributed by atoms with van der Waals surface area (Å²) in [5.41, 5.74) is 2.05. The minimum absolute atomic E-state index is 0.0918. The van der Waals surface area contributed by atoms with Gasteiger partial charge in [-0.15, -0.1) is 0 Å². The number of hydrogen-bond donors (Lipinski definition) is 1. The average Bonchev–Trinajstić information content (AvgIpc) is 2.48. The zero-order valence-electron chi connectivity index (χ0n) is 13.4. The molecule has 0 saturated carbocycles. The topological polar surface area (TPSA) is 66.5 Å². The first-order valence-electron chi connectivity index (χ1n) is 7.62. The molecular weight excluding hydrogens is 300 g/mol. The fourth-order valence-corrected chi connectivity index (χ4v) is 3.84. The highest BCUT2D eigenvalue weighted by Gasteiger charge is 2.23. The molecule has 1 aromatic carbocycles. The van der Waals surface area contributed by atoms with Gasteiger partial charge in [-0.05, 0) is 55.9 Å². The lowest BCUT2D eigenvalue weighted by molar-refractivity contribution is -0.130. The van der Waals surface area contributed by atoms with Crippen LogP contribution in [0.3, 0.4) is 0 Å². The number of carbonyl (C=O) groups excluding carboxylic acids is 1. The normalized spacial score (nSPS) is 16.8. The molecule has 6 heteroatoms. The number of sulfonamides is 1. The molecule has 1 heterocycles. The Morgan fingerprint density at radius 3 is 2.41 bits per heavy atom. The van der Waals surface area contributed by atoms with Gasteiger partial charge < -0.3 is 4.90 Å². The van der Waals surface area contributed by atoms with Crippen LogP contribution < -0.4 is 4.72 Å². The molecule has 1 fully saturated rings. The summed E-state index contributed by atoms with van der Waals surface area (Å²) in [6.45, 7) is 7.30. The Bertz CT molecular complexity index is 647. The smallest absolute Gasteiger partial charge is 0.240 e. The van der Waals surface area contributed by atoms with Crippen LogP contribution >= 0.6 is 0 Å². The molecule has 1 aliphatic heterocycles. The lowest BCUT2D eigenvalue weighted by atomic mass is 9.97. The molecule has 0 aliphatic carbocycles. The molecule has 1 amide bonds. The van der Waals surface area contributed by atoms with Crippen molar-refractivity contribution in [2.75, 3.05) is 19.6 Å². The fraction of sp³-hybridized carbons (Fsp3) is 0.562. The highest BCUT2D eigenvalue weighted by atomic mass is 32.2. The number of nitrogens with zero attached hydrogens (tertiary/aromatic N) is 1. The number of hydrogen-bond acceptors (Lipinski definition) is 3. The third-order valence-electron chi connectivity index (χ3n) is 4.41. The van der Waals surface area contributed by atoms with E-state index in [1.807, 2.05) is 24.8 Å². The van der Waals surface area contributed by atoms with Crippen LogP contribution in [-0.2, 0) is 14.8 Å². The molecule has 1 aromatic rings. The van der Waals surface area contributed by atoms with Crippen LogP contribution in [0.1, 0.15) is 30.9 Å². The van der Waals surface area contributed by atoms with Gasteiger partial charge in [0.1, 0.15) is 0 Å². The second-order valence-electron chi connectivity index (χ2n) is 6.05. The van der Waals surface area contributed by atoms with Gasteiger partial charge in [-0.1, -0.05) is 6.07 Å². The van der Waals surface area contributed by atoms with Crippen LogP contribution in [0.25, 0.3) is 0 Å². The number of likely N-dealkylation sites (tertiary alicyclic amines) is 1. The molecule has 0 unspecified atom stereocenters. The molecule has 2 rings (SSSR count). The molecular formula is C16H24N2O3S. The van der Waals surface area contributed by atoms with Gasteiger partial charge in [0, 0.05) is 26.6 Å². The number of benzene rings is 1. The van der Waals surface area contributed by atoms with E-state index in [2.05, 4.69) is 4.72 Å². The molecule has 0 bridgehead atoms. The van der Waals surface area contributed by atoms with Crippen molar-refractivity contribution in [1.29, 1.82) is 0 Å². The van der Waals surface area contributed by atoms with E-state index in [1.54, 1.807) is 19.1 Å². The molecule has 0 radical (unpaired) electrons. The van der Waals surface area contributed by atoms with E-state index < -0.39 is 10.0 Å². The molecule has 5 nitrogen and oxygen atoms in total. The summed E-state index contributed by atoms with van der Waals surface area (Å²) >= 11 is 0. The monoisotopic (exact) mass is 324 g/mol. The molecule has 1 saturated heterocycles. The van der Waals surface area contributed by atoms with E-state index in [1.165, 1.54) is 0 Å². The zero-order valence-corrected chi connectivity index (χ0v) is 14.2. The van der Waals surface area contributed by atoms with Gasteiger partial charge in [0.2, 0.25) is 15.9 Å². The predicted octanol–water partition coefficient (Wildman–Crippen LogP) is 1.84. The standard InChI is InChI=1S/C16H24N2O3S/c1-12-4-5-16(10-13(12)2)22(20,21)17-11-15-6-8-18(9-7-15)14(3)19/h4-5,10,15,17H,6-9,11H2,1-3H3. The first kappa shape index (κ1) is 17.0. The summed E-state index contributed by atoms with van der Waals surface area (Å²) in [7, 11) is -3.46. The Kier molecular flexibility index (Phi) is 5.24. The average molecular weight is 324 g/mol. The minimum Gasteiger partial charge on any atom is -0.343 e. The van der Waals surface area contributed by atoms with Gasteiger partial charge in [-0.3, -0.25) is 4.79 Å². The first-order chi connectivity index (χ1) is 10.3. The van der Waals surface area contributed by atoms with E-state index in [0.717, 1.165) is 24.0 Å². The summed E-state index contributed by atoms with van der Waals surface area (Å²) in [4.78, 5) is 13.4. The number of nitrogens with one attached hydrogen (secondary N) is 1. The highest BCUT2D eigenvalue weighted by molar-refractivity contribution is 7.89. The lowest BCUT2D eigenvalue weighted by Crippen LogP contribution is -2.40. The molecule has 122 valence electrons. The summed E-state index contributed by atoms with van der Waals surface area (Å²) in [5.74, 6) is 0.381. The molecule has 22 heavy (non-hydrogen) atoms. The predicted molar refractivity (Wildman–Crippen MR) is 86.1 cm³/mol. The third-order valence-corrected chi connectivity index (χ3v) is 5.83. The second-order valence-corrected chi connectivity index (χ2v) is 7.81. The summed E-state index contributed by atoms with van der Waals surface area (Å²) < 4.78 is 27.4. The highest BCUT2D eigenvalue weighted by Crippen LogP contribution is 2.18. The van der Waals surface area contributed by atoms with Gasteiger partial charge in [0.15, 0.2) is 0 Å². The maximum absolute atomic E-state index is 12.3. The van der Waals surface area contributed by atoms with E-state index in [4.69, 9.17) is 0 Å². The molecule has 1 N–H and O–H groups in total. The third kappa shape index (κ3) is 4.08. The minimum atomic E-state index is -3.46. The molecule has 0 atom stereocenters. The maximum atomic E-state index is 12.3. The number of amides is 1. The molecule has 1 aliphatic rings. The maximum Gasteiger partial charge on any atom is 0.240 e. The van der Waals surface area contributed by atoms with Crippen LogP contribution in [0.15, 0.2) is 23.1 Å². The number of rotatable bonds is 4. The van der Waals surface area contributed by atoms with E-state index in [9.17, 15) is 13.2 Å². The number of aryl methyl sites for hydroxylation is 2. The Balaban J connectivity index is 1.93. The lowest BCUT2D eigenvalue weighted by Gasteiger charge is -2.31. The van der Waals surface area contributed by atoms with Crippen molar-refractivity contribution in [2.24, 2.45) is 5.92 Å². The SMILES string of the molecule is CC(=O)N1CCC(CNS(=O)(=O)c2ccc(C)c(C)c2)CC1. The van der Waals surface area contributed by atoms with Gasteiger partial charge in [0.25, 0.3) is 0 Å². The van der Waals surface area contributed by atoms with Crippen LogP contribution in [0.2, 0.25) is 0 Å². The first-order valence-corrected chi connectivity index (χ1v) is 9.10. The van der Waals surface area contributed by atoms with Crippen molar-refractivity contribution in [3.63, 3.8) is 0 Å². The van der Waals surface area contributed by atoms with Crippen LogP contribution in [0.5, 0.6) is 0 Å². The van der Waals surface area contributed by atoms with Crippen LogP contribution in [-0.4, -0.2) is 38.9 Å². The van der Waals surface area contributed by atoms with E-state index >= 15 is 0 Å². The van der Waals surface area contributed by atoms with E-state index in [0.29, 0.717) is 24.5 Å². The van der Waals surface area contributed by atoms with Crippen molar-refractivity contribution in [3.05, 3.63) is 29.3 Å². The second kappa shape index (κ2) is 6.79. The largest absolute Gasteiger partial charge is 0.343 e. The van der Waals surface area contributed by atoms with Gasteiger partial charge in [-0.2, -0.15) is 0 Å². The number of piperidine rings is 1. The Labute approximate surface area is 132 Å². The van der Waals surface area contributed by atoms with Crippen molar-refractivity contribution < 1.29 is 13.2 Å². The zero-order chi connectivity index (χ0) is 16.3. The molecule has 0 aromatic heterocycles. The van der Waals surface area contributed by atoms with Crippen molar-refractivity contribution in [1.82, 2.24) is 9.62 Å². The van der Waals surface area contributed by atoms with Crippen molar-refractivity contribution >= 4 is 15.9 Å². The Morgan fingerprint density at radius 2 is 1.86 bits per heavy atom. The quantitative estimate of drug-likeness (QED) is 0.919. The van der Waals surface area contributed by atoms with E-state index in [-0.39, 0.29) is 11.8 Å². The summed E-state index contributed by atoms with van der Waals surface area (Å²) in [5, 5.41) is 0. The Morgan fingerprint density at radius 1 is 1.23 bits per heavy atom. The number of carbonyl (C=O) groups is 1. The van der Waals surface area contributed by atoms with Gasteiger partial charge >= 0.3 is 0 Å². The van der Waals surface area contributed by atoms with Crippen molar-refractivity contribution in [3.8, 4) is 0 Å². The molecule has 0 spiro atoms. The summed E-state index contributed by atoms with van der Waals surface area (Å²) in [6.07, 6.45) is 1.68. The summed E-state index contributed by atoms with van der Waals surface area (Å²) in [6, 6.07) is 5.17. The van der Waals surface area contributed by atoms with Crippen LogP contribution in [0.4, 0.5) is 0 Å². The van der Waals surface area contributed by atoms with Crippen LogP contribution in [0, 0.1) is 19.8 Å². The fourth-order valence-electron chi connectivity index (χ4n) is 2.64. The van der Waals surface area contributed by atoms with Crippen molar-refractivity contribution in [2.45, 2.75) is 38.5 Å². The van der Waals surface area contributed by atoms with Gasteiger partial charge in [-0.25, -0.2) is 13.1 Å². The Hall–Kier alpha value is -1.40.